The highest BCUT2D eigenvalue weighted by atomic mass is 32.2. The predicted molar refractivity (Wildman–Crippen MR) is 50.9 cm³/mol. The van der Waals surface area contributed by atoms with E-state index < -0.39 is 0 Å². The minimum Gasteiger partial charge on any atom is -0.300 e. The maximum atomic E-state index is 3.75. The van der Waals surface area contributed by atoms with E-state index in [1.807, 2.05) is 0 Å². The van der Waals surface area contributed by atoms with Crippen LogP contribution in [0, 0.1) is 0 Å². The Hall–Kier alpha value is 0.310. The fourth-order valence-corrected chi connectivity index (χ4v) is 3.95. The van der Waals surface area contributed by atoms with Crippen molar-refractivity contribution in [2.75, 3.05) is 5.75 Å². The standard InChI is InChI=1S/C9H17NS/c1-8-4-7-11-9(10-8)5-2-3-6-9/h8,10H,2-7H2,1H3/t8-/m1/s1. The van der Waals surface area contributed by atoms with Gasteiger partial charge in [0.05, 0.1) is 4.87 Å². The van der Waals surface area contributed by atoms with Gasteiger partial charge in [-0.3, -0.25) is 0 Å². The Morgan fingerprint density at radius 1 is 1.36 bits per heavy atom. The fourth-order valence-electron chi connectivity index (χ4n) is 2.23. The zero-order valence-corrected chi connectivity index (χ0v) is 8.04. The van der Waals surface area contributed by atoms with Gasteiger partial charge in [-0.2, -0.15) is 0 Å². The first-order valence-corrected chi connectivity index (χ1v) is 5.71. The highest BCUT2D eigenvalue weighted by Crippen LogP contribution is 2.42. The molecule has 1 spiro atoms. The summed E-state index contributed by atoms with van der Waals surface area (Å²) in [6.45, 7) is 2.32. The first kappa shape index (κ1) is 7.93. The molecular weight excluding hydrogens is 154 g/mol. The third-order valence-electron chi connectivity index (χ3n) is 2.85. The smallest absolute Gasteiger partial charge is 0.0647 e. The van der Waals surface area contributed by atoms with Crippen LogP contribution >= 0.6 is 11.8 Å². The molecule has 2 heteroatoms. The molecule has 1 saturated carbocycles. The summed E-state index contributed by atoms with van der Waals surface area (Å²) in [5, 5.41) is 3.75. The van der Waals surface area contributed by atoms with Crippen LogP contribution in [-0.2, 0) is 0 Å². The van der Waals surface area contributed by atoms with Gasteiger partial charge in [0.25, 0.3) is 0 Å². The molecule has 1 N–H and O–H groups in total. The average molecular weight is 171 g/mol. The van der Waals surface area contributed by atoms with Gasteiger partial charge in [0.15, 0.2) is 0 Å². The summed E-state index contributed by atoms with van der Waals surface area (Å²) in [5.74, 6) is 1.37. The molecule has 0 amide bonds. The van der Waals surface area contributed by atoms with Gasteiger partial charge >= 0.3 is 0 Å². The van der Waals surface area contributed by atoms with E-state index in [9.17, 15) is 0 Å². The monoisotopic (exact) mass is 171 g/mol. The lowest BCUT2D eigenvalue weighted by Crippen LogP contribution is -2.48. The van der Waals surface area contributed by atoms with E-state index in [1.165, 1.54) is 37.9 Å². The van der Waals surface area contributed by atoms with Crippen molar-refractivity contribution in [3.8, 4) is 0 Å². The van der Waals surface area contributed by atoms with E-state index in [0.717, 1.165) is 6.04 Å². The summed E-state index contributed by atoms with van der Waals surface area (Å²) >= 11 is 2.17. The van der Waals surface area contributed by atoms with Crippen LogP contribution in [-0.4, -0.2) is 16.7 Å². The van der Waals surface area contributed by atoms with Gasteiger partial charge in [0.1, 0.15) is 0 Å². The molecule has 1 atom stereocenters. The normalized spacial score (nSPS) is 36.3. The van der Waals surface area contributed by atoms with Crippen molar-refractivity contribution in [2.45, 2.75) is 49.9 Å². The molecule has 0 aromatic carbocycles. The Kier molecular flexibility index (Phi) is 2.15. The largest absolute Gasteiger partial charge is 0.300 e. The van der Waals surface area contributed by atoms with Crippen LogP contribution in [0.2, 0.25) is 0 Å². The van der Waals surface area contributed by atoms with Crippen molar-refractivity contribution in [3.05, 3.63) is 0 Å². The Bertz CT molecular complexity index is 140. The SMILES string of the molecule is C[C@@H]1CCSC2(CCCC2)N1. The van der Waals surface area contributed by atoms with Crippen molar-refractivity contribution in [1.82, 2.24) is 5.32 Å². The molecule has 0 unspecified atom stereocenters. The summed E-state index contributed by atoms with van der Waals surface area (Å²) in [7, 11) is 0. The summed E-state index contributed by atoms with van der Waals surface area (Å²) in [6.07, 6.45) is 7.04. The molecule has 1 nitrogen and oxygen atoms in total. The fraction of sp³-hybridized carbons (Fsp3) is 1.00. The van der Waals surface area contributed by atoms with Gasteiger partial charge in [-0.25, -0.2) is 0 Å². The average Bonchev–Trinajstić information content (AvgIpc) is 2.37. The summed E-state index contributed by atoms with van der Waals surface area (Å²) in [6, 6.07) is 0.759. The van der Waals surface area contributed by atoms with E-state index in [0.29, 0.717) is 4.87 Å². The van der Waals surface area contributed by atoms with Gasteiger partial charge in [-0.1, -0.05) is 12.8 Å². The van der Waals surface area contributed by atoms with Crippen LogP contribution in [0.5, 0.6) is 0 Å². The Balaban J connectivity index is 2.00. The quantitative estimate of drug-likeness (QED) is 0.600. The maximum Gasteiger partial charge on any atom is 0.0647 e. The molecule has 2 aliphatic rings. The van der Waals surface area contributed by atoms with Gasteiger partial charge in [-0.05, 0) is 31.9 Å². The summed E-state index contributed by atoms with van der Waals surface area (Å²) < 4.78 is 0. The van der Waals surface area contributed by atoms with Crippen molar-refractivity contribution < 1.29 is 0 Å². The molecule has 2 rings (SSSR count). The van der Waals surface area contributed by atoms with Gasteiger partial charge in [0, 0.05) is 6.04 Å². The molecule has 11 heavy (non-hydrogen) atoms. The van der Waals surface area contributed by atoms with E-state index in [-0.39, 0.29) is 0 Å². The maximum absolute atomic E-state index is 3.75. The van der Waals surface area contributed by atoms with Gasteiger partial charge in [-0.15, -0.1) is 11.8 Å². The van der Waals surface area contributed by atoms with Crippen LogP contribution < -0.4 is 5.32 Å². The molecule has 1 aliphatic heterocycles. The second-order valence-electron chi connectivity index (χ2n) is 3.88. The molecule has 0 radical (unpaired) electrons. The Morgan fingerprint density at radius 3 is 2.73 bits per heavy atom. The van der Waals surface area contributed by atoms with Crippen LogP contribution in [0.4, 0.5) is 0 Å². The molecule has 1 saturated heterocycles. The second kappa shape index (κ2) is 2.98. The van der Waals surface area contributed by atoms with Crippen LogP contribution in [0.25, 0.3) is 0 Å². The number of thioether (sulfide) groups is 1. The highest BCUT2D eigenvalue weighted by Gasteiger charge is 2.37. The molecule has 2 fully saturated rings. The molecule has 0 bridgehead atoms. The third kappa shape index (κ3) is 1.57. The van der Waals surface area contributed by atoms with Crippen LogP contribution in [0.3, 0.4) is 0 Å². The predicted octanol–water partition coefficient (Wildman–Crippen LogP) is 2.37. The van der Waals surface area contributed by atoms with Crippen LogP contribution in [0.15, 0.2) is 0 Å². The van der Waals surface area contributed by atoms with Crippen LogP contribution in [0.1, 0.15) is 39.0 Å². The third-order valence-corrected chi connectivity index (χ3v) is 4.37. The Morgan fingerprint density at radius 2 is 2.09 bits per heavy atom. The summed E-state index contributed by atoms with van der Waals surface area (Å²) in [4.78, 5) is 0.512. The lowest BCUT2D eigenvalue weighted by molar-refractivity contribution is 0.393. The molecular formula is C9H17NS. The minimum atomic E-state index is 0.512. The van der Waals surface area contributed by atoms with Gasteiger partial charge in [0.2, 0.25) is 0 Å². The van der Waals surface area contributed by atoms with Crippen molar-refractivity contribution in [2.24, 2.45) is 0 Å². The number of hydrogen-bond donors (Lipinski definition) is 1. The number of nitrogens with one attached hydrogen (secondary N) is 1. The first-order valence-electron chi connectivity index (χ1n) is 4.72. The Labute approximate surface area is 73.3 Å². The second-order valence-corrected chi connectivity index (χ2v) is 5.36. The molecule has 0 aromatic rings. The van der Waals surface area contributed by atoms with Crippen molar-refractivity contribution >= 4 is 11.8 Å². The molecule has 64 valence electrons. The van der Waals surface area contributed by atoms with Crippen molar-refractivity contribution in [3.63, 3.8) is 0 Å². The number of rotatable bonds is 0. The van der Waals surface area contributed by atoms with E-state index in [4.69, 9.17) is 0 Å². The topological polar surface area (TPSA) is 12.0 Å². The molecule has 0 aromatic heterocycles. The van der Waals surface area contributed by atoms with Gasteiger partial charge < -0.3 is 5.32 Å². The first-order chi connectivity index (χ1) is 5.31. The lowest BCUT2D eigenvalue weighted by atomic mass is 10.1. The molecule has 1 aliphatic carbocycles. The summed E-state index contributed by atoms with van der Waals surface area (Å²) in [5.41, 5.74) is 0. The minimum absolute atomic E-state index is 0.512. The number of hydrogen-bond acceptors (Lipinski definition) is 2. The van der Waals surface area contributed by atoms with E-state index >= 15 is 0 Å². The zero-order valence-electron chi connectivity index (χ0n) is 7.23. The molecule has 1 heterocycles. The highest BCUT2D eigenvalue weighted by molar-refractivity contribution is 8.00. The zero-order chi connectivity index (χ0) is 7.73. The lowest BCUT2D eigenvalue weighted by Gasteiger charge is -2.37. The van der Waals surface area contributed by atoms with Crippen molar-refractivity contribution in [1.29, 1.82) is 0 Å². The van der Waals surface area contributed by atoms with E-state index in [1.54, 1.807) is 0 Å². The van der Waals surface area contributed by atoms with E-state index in [2.05, 4.69) is 24.0 Å².